The number of aromatic nitrogens is 1. The fourth-order valence-corrected chi connectivity index (χ4v) is 4.87. The molecule has 0 spiro atoms. The van der Waals surface area contributed by atoms with E-state index in [9.17, 15) is 19.2 Å². The second-order valence-electron chi connectivity index (χ2n) is 9.14. The summed E-state index contributed by atoms with van der Waals surface area (Å²) in [6, 6.07) is 14.0. The topological polar surface area (TPSA) is 136 Å². The highest BCUT2D eigenvalue weighted by Crippen LogP contribution is 2.21. The summed E-state index contributed by atoms with van der Waals surface area (Å²) in [5.74, 6) is -0.500. The highest BCUT2D eigenvalue weighted by Gasteiger charge is 2.27. The number of hydrogen-bond donors (Lipinski definition) is 3. The minimum atomic E-state index is -0.896. The Morgan fingerprint density at radius 1 is 1.02 bits per heavy atom. The first-order valence-corrected chi connectivity index (χ1v) is 13.9. The molecule has 0 aliphatic rings. The third-order valence-electron chi connectivity index (χ3n) is 6.29. The van der Waals surface area contributed by atoms with Crippen LogP contribution in [-0.4, -0.2) is 60.6 Å². The molecule has 2 amide bonds. The second kappa shape index (κ2) is 15.6. The molecule has 40 heavy (non-hydrogen) atoms. The lowest BCUT2D eigenvalue weighted by molar-refractivity contribution is -0.145. The van der Waals surface area contributed by atoms with E-state index in [-0.39, 0.29) is 36.3 Å². The molecule has 0 fully saturated rings. The molecule has 0 aliphatic heterocycles. The van der Waals surface area contributed by atoms with Gasteiger partial charge in [-0.25, -0.2) is 9.59 Å². The molecule has 3 rings (SSSR count). The number of H-pyrrole nitrogens is 1. The number of aromatic amines is 1. The lowest BCUT2D eigenvalue weighted by Gasteiger charge is -2.21. The quantitative estimate of drug-likeness (QED) is 0.196. The zero-order chi connectivity index (χ0) is 28.9. The summed E-state index contributed by atoms with van der Waals surface area (Å²) in [5, 5.41) is 6.35. The number of fused-ring (bicyclic) bond motifs is 1. The SMILES string of the molecule is COC(=O)[C@H](Cc1c[nH]c2ccccc12)NC(=O)C(CCCNC(=O)OCc1ccc(OC)cc1)CSC(C)=O. The van der Waals surface area contributed by atoms with Crippen molar-refractivity contribution in [2.45, 2.75) is 38.8 Å². The Hall–Kier alpha value is -3.99. The van der Waals surface area contributed by atoms with Crippen molar-refractivity contribution in [1.82, 2.24) is 15.6 Å². The fourth-order valence-electron chi connectivity index (χ4n) is 4.11. The van der Waals surface area contributed by atoms with Crippen LogP contribution in [0.2, 0.25) is 0 Å². The van der Waals surface area contributed by atoms with Crippen LogP contribution in [0.5, 0.6) is 5.75 Å². The first kappa shape index (κ1) is 30.6. The summed E-state index contributed by atoms with van der Waals surface area (Å²) in [6.07, 6.45) is 2.36. The van der Waals surface area contributed by atoms with Gasteiger partial charge in [-0.3, -0.25) is 9.59 Å². The number of methoxy groups -OCH3 is 2. The summed E-state index contributed by atoms with van der Waals surface area (Å²) in [6.45, 7) is 1.83. The maximum Gasteiger partial charge on any atom is 0.407 e. The van der Waals surface area contributed by atoms with Gasteiger partial charge in [0.05, 0.1) is 14.2 Å². The van der Waals surface area contributed by atoms with Gasteiger partial charge in [-0.1, -0.05) is 42.1 Å². The molecule has 10 nitrogen and oxygen atoms in total. The molecule has 0 aliphatic carbocycles. The Labute approximate surface area is 237 Å². The molecule has 3 N–H and O–H groups in total. The summed E-state index contributed by atoms with van der Waals surface area (Å²) < 4.78 is 15.3. The molecular weight excluding hydrogens is 534 g/mol. The Morgan fingerprint density at radius 2 is 1.77 bits per heavy atom. The predicted molar refractivity (Wildman–Crippen MR) is 153 cm³/mol. The molecule has 2 atom stereocenters. The van der Waals surface area contributed by atoms with Crippen LogP contribution in [0.15, 0.2) is 54.7 Å². The van der Waals surface area contributed by atoms with Crippen LogP contribution in [0.25, 0.3) is 10.9 Å². The van der Waals surface area contributed by atoms with E-state index in [1.807, 2.05) is 42.6 Å². The van der Waals surface area contributed by atoms with Crippen molar-refractivity contribution in [2.24, 2.45) is 5.92 Å². The fraction of sp³-hybridized carbons (Fsp3) is 0.379. The summed E-state index contributed by atoms with van der Waals surface area (Å²) in [5.41, 5.74) is 2.62. The van der Waals surface area contributed by atoms with Gasteiger partial charge in [-0.05, 0) is 42.2 Å². The zero-order valence-electron chi connectivity index (χ0n) is 22.9. The lowest BCUT2D eigenvalue weighted by Crippen LogP contribution is -2.46. The summed E-state index contributed by atoms with van der Waals surface area (Å²) >= 11 is 1.05. The lowest BCUT2D eigenvalue weighted by atomic mass is 10.0. The van der Waals surface area contributed by atoms with Crippen LogP contribution in [-0.2, 0) is 36.9 Å². The highest BCUT2D eigenvalue weighted by atomic mass is 32.2. The normalized spacial score (nSPS) is 12.3. The number of carbonyl (C=O) groups is 4. The average molecular weight is 570 g/mol. The van der Waals surface area contributed by atoms with Crippen molar-refractivity contribution in [2.75, 3.05) is 26.5 Å². The molecule has 11 heteroatoms. The van der Waals surface area contributed by atoms with Crippen molar-refractivity contribution in [3.63, 3.8) is 0 Å². The number of carbonyl (C=O) groups excluding carboxylic acids is 4. The van der Waals surface area contributed by atoms with Gasteiger partial charge in [0.2, 0.25) is 5.91 Å². The monoisotopic (exact) mass is 569 g/mol. The largest absolute Gasteiger partial charge is 0.497 e. The van der Waals surface area contributed by atoms with E-state index in [0.29, 0.717) is 18.6 Å². The Bertz CT molecular complexity index is 1290. The molecule has 0 bridgehead atoms. The molecule has 0 saturated carbocycles. The van der Waals surface area contributed by atoms with E-state index in [1.54, 1.807) is 19.2 Å². The van der Waals surface area contributed by atoms with Gasteiger partial charge in [-0.2, -0.15) is 0 Å². The van der Waals surface area contributed by atoms with Crippen molar-refractivity contribution in [3.8, 4) is 5.75 Å². The Kier molecular flexibility index (Phi) is 11.9. The van der Waals surface area contributed by atoms with Crippen LogP contribution in [0.4, 0.5) is 4.79 Å². The van der Waals surface area contributed by atoms with Gasteiger partial charge < -0.3 is 29.8 Å². The molecule has 0 saturated heterocycles. The number of amides is 2. The van der Waals surface area contributed by atoms with Gasteiger partial charge in [0.1, 0.15) is 18.4 Å². The van der Waals surface area contributed by atoms with E-state index in [0.717, 1.165) is 33.8 Å². The van der Waals surface area contributed by atoms with Crippen LogP contribution in [0.3, 0.4) is 0 Å². The van der Waals surface area contributed by atoms with E-state index in [1.165, 1.54) is 14.0 Å². The first-order valence-electron chi connectivity index (χ1n) is 12.9. The number of nitrogens with one attached hydrogen (secondary N) is 3. The minimum absolute atomic E-state index is 0.110. The van der Waals surface area contributed by atoms with Gasteiger partial charge >= 0.3 is 12.1 Å². The molecule has 1 heterocycles. The van der Waals surface area contributed by atoms with Crippen molar-refractivity contribution in [3.05, 3.63) is 65.9 Å². The van der Waals surface area contributed by atoms with E-state index < -0.39 is 24.0 Å². The molecule has 0 radical (unpaired) electrons. The molecule has 1 unspecified atom stereocenters. The maximum atomic E-state index is 13.2. The van der Waals surface area contributed by atoms with Crippen molar-refractivity contribution < 1.29 is 33.4 Å². The van der Waals surface area contributed by atoms with E-state index in [2.05, 4.69) is 15.6 Å². The molecule has 1 aromatic heterocycles. The van der Waals surface area contributed by atoms with Gasteiger partial charge in [0.25, 0.3) is 0 Å². The Balaban J connectivity index is 1.53. The Morgan fingerprint density at radius 3 is 2.48 bits per heavy atom. The second-order valence-corrected chi connectivity index (χ2v) is 10.3. The number of para-hydroxylation sites is 1. The average Bonchev–Trinajstić information content (AvgIpc) is 3.37. The number of hydrogen-bond acceptors (Lipinski definition) is 8. The summed E-state index contributed by atoms with van der Waals surface area (Å²) in [4.78, 5) is 52.7. The number of benzene rings is 2. The van der Waals surface area contributed by atoms with E-state index in [4.69, 9.17) is 14.2 Å². The predicted octanol–water partition coefficient (Wildman–Crippen LogP) is 3.98. The number of rotatable bonds is 14. The minimum Gasteiger partial charge on any atom is -0.497 e. The first-order chi connectivity index (χ1) is 19.3. The smallest absolute Gasteiger partial charge is 0.407 e. The van der Waals surface area contributed by atoms with Crippen LogP contribution in [0, 0.1) is 5.92 Å². The van der Waals surface area contributed by atoms with Gasteiger partial charge in [-0.15, -0.1) is 0 Å². The van der Waals surface area contributed by atoms with E-state index >= 15 is 0 Å². The van der Waals surface area contributed by atoms with Gasteiger partial charge in [0.15, 0.2) is 5.12 Å². The molecule has 2 aromatic carbocycles. The maximum absolute atomic E-state index is 13.2. The number of thioether (sulfide) groups is 1. The molecular formula is C29H35N3O7S. The number of esters is 1. The van der Waals surface area contributed by atoms with Gasteiger partial charge in [0, 0.05) is 48.7 Å². The number of alkyl carbamates (subject to hydrolysis) is 1. The zero-order valence-corrected chi connectivity index (χ0v) is 23.7. The van der Waals surface area contributed by atoms with Crippen molar-refractivity contribution in [1.29, 1.82) is 0 Å². The van der Waals surface area contributed by atoms with Crippen LogP contribution < -0.4 is 15.4 Å². The summed E-state index contributed by atoms with van der Waals surface area (Å²) in [7, 11) is 2.85. The molecule has 3 aromatic rings. The third kappa shape index (κ3) is 9.33. The van der Waals surface area contributed by atoms with Crippen molar-refractivity contribution >= 4 is 45.7 Å². The van der Waals surface area contributed by atoms with Crippen LogP contribution in [0.1, 0.15) is 30.9 Å². The molecule has 214 valence electrons. The highest BCUT2D eigenvalue weighted by molar-refractivity contribution is 8.13. The van der Waals surface area contributed by atoms with Crippen LogP contribution >= 0.6 is 11.8 Å². The third-order valence-corrected chi connectivity index (χ3v) is 7.26. The standard InChI is InChI=1S/C29H35N3O7S/c1-19(33)40-18-21(7-6-14-30-29(36)39-17-20-10-12-23(37-2)13-11-20)27(34)32-26(28(35)38-3)15-22-16-31-25-9-5-4-8-24(22)25/h4-5,8-13,16,21,26,31H,6-7,14-15,17-18H2,1-3H3,(H,30,36)(H,32,34)/t21?,26-/m0/s1. The number of ether oxygens (including phenoxy) is 3.